The molecule has 1 aliphatic rings. The van der Waals surface area contributed by atoms with E-state index in [0.717, 1.165) is 31.5 Å². The van der Waals surface area contributed by atoms with Crippen molar-refractivity contribution in [3.8, 4) is 0 Å². The average Bonchev–Trinajstić information content (AvgIpc) is 3.22. The molecule has 3 rings (SSSR count). The molecule has 2 amide bonds. The number of nitrogens with zero attached hydrogens (tertiary/aromatic N) is 2. The van der Waals surface area contributed by atoms with Crippen LogP contribution in [0.5, 0.6) is 0 Å². The van der Waals surface area contributed by atoms with E-state index in [0.29, 0.717) is 18.5 Å². The number of likely N-dealkylation sites (tertiary alicyclic amines) is 1. The Balaban J connectivity index is 1.53. The summed E-state index contributed by atoms with van der Waals surface area (Å²) in [4.78, 5) is 40.7. The van der Waals surface area contributed by atoms with Crippen LogP contribution in [0.1, 0.15) is 45.7 Å². The summed E-state index contributed by atoms with van der Waals surface area (Å²) in [5.74, 6) is -1.31. The maximum absolute atomic E-state index is 12.2. The summed E-state index contributed by atoms with van der Waals surface area (Å²) in [6.07, 6.45) is 4.58. The quantitative estimate of drug-likeness (QED) is 0.817. The van der Waals surface area contributed by atoms with Crippen LogP contribution in [0.4, 0.5) is 5.69 Å². The van der Waals surface area contributed by atoms with Crippen LogP contribution in [0.15, 0.2) is 42.6 Å². The lowest BCUT2D eigenvalue weighted by molar-refractivity contribution is -0.130. The first-order chi connectivity index (χ1) is 13.0. The first-order valence-corrected chi connectivity index (χ1v) is 8.90. The zero-order chi connectivity index (χ0) is 19.2. The summed E-state index contributed by atoms with van der Waals surface area (Å²) in [7, 11) is 0. The summed E-state index contributed by atoms with van der Waals surface area (Å²) < 4.78 is 0. The smallest absolute Gasteiger partial charge is 0.354 e. The van der Waals surface area contributed by atoms with E-state index in [1.54, 1.807) is 12.1 Å². The minimum absolute atomic E-state index is 0.112. The number of benzene rings is 1. The van der Waals surface area contributed by atoms with Gasteiger partial charge in [0.25, 0.3) is 5.91 Å². The predicted molar refractivity (Wildman–Crippen MR) is 99.7 cm³/mol. The lowest BCUT2D eigenvalue weighted by Crippen LogP contribution is -2.27. The zero-order valence-electron chi connectivity index (χ0n) is 14.9. The third-order valence-electron chi connectivity index (χ3n) is 4.54. The number of amides is 2. The van der Waals surface area contributed by atoms with Gasteiger partial charge in [0.15, 0.2) is 0 Å². The number of anilines is 1. The molecule has 2 N–H and O–H groups in total. The summed E-state index contributed by atoms with van der Waals surface area (Å²) in [5.41, 5.74) is 1.82. The Labute approximate surface area is 157 Å². The Bertz CT molecular complexity index is 825. The van der Waals surface area contributed by atoms with E-state index >= 15 is 0 Å². The molecule has 7 nitrogen and oxygen atoms in total. The van der Waals surface area contributed by atoms with Gasteiger partial charge < -0.3 is 15.3 Å². The minimum atomic E-state index is -1.14. The first-order valence-electron chi connectivity index (χ1n) is 8.90. The van der Waals surface area contributed by atoms with Gasteiger partial charge in [-0.1, -0.05) is 12.1 Å². The monoisotopic (exact) mass is 367 g/mol. The van der Waals surface area contributed by atoms with Crippen LogP contribution in [0, 0.1) is 0 Å². The zero-order valence-corrected chi connectivity index (χ0v) is 14.9. The second-order valence-electron chi connectivity index (χ2n) is 6.48. The highest BCUT2D eigenvalue weighted by Crippen LogP contribution is 2.15. The van der Waals surface area contributed by atoms with E-state index in [-0.39, 0.29) is 23.1 Å². The Hall–Kier alpha value is -3.22. The van der Waals surface area contributed by atoms with E-state index in [1.807, 2.05) is 17.0 Å². The second kappa shape index (κ2) is 8.44. The van der Waals surface area contributed by atoms with E-state index < -0.39 is 5.97 Å². The van der Waals surface area contributed by atoms with Crippen LogP contribution in [0.3, 0.4) is 0 Å². The number of aromatic carboxylic acids is 1. The molecule has 1 aliphatic heterocycles. The molecule has 1 fully saturated rings. The highest BCUT2D eigenvalue weighted by atomic mass is 16.4. The minimum Gasteiger partial charge on any atom is -0.477 e. The molecule has 7 heteroatoms. The lowest BCUT2D eigenvalue weighted by Gasteiger charge is -2.15. The molecule has 0 aliphatic carbocycles. The third-order valence-corrected chi connectivity index (χ3v) is 4.54. The average molecular weight is 367 g/mol. The van der Waals surface area contributed by atoms with Gasteiger partial charge in [0, 0.05) is 31.4 Å². The summed E-state index contributed by atoms with van der Waals surface area (Å²) >= 11 is 0. The van der Waals surface area contributed by atoms with E-state index in [2.05, 4.69) is 10.3 Å². The molecule has 1 aromatic heterocycles. The topological polar surface area (TPSA) is 99.6 Å². The Morgan fingerprint density at radius 3 is 2.33 bits per heavy atom. The van der Waals surface area contributed by atoms with Crippen molar-refractivity contribution in [3.05, 3.63) is 59.4 Å². The van der Waals surface area contributed by atoms with Crippen molar-refractivity contribution in [3.63, 3.8) is 0 Å². The van der Waals surface area contributed by atoms with Crippen LogP contribution in [-0.4, -0.2) is 45.9 Å². The number of aromatic nitrogens is 1. The molecule has 1 saturated heterocycles. The SMILES string of the molecule is O=C(Nc1ccc(CCC(=O)N2CCCC2)cc1)c1ccc(C(=O)O)nc1. The van der Waals surface area contributed by atoms with Crippen molar-refractivity contribution in [2.45, 2.75) is 25.7 Å². The molecule has 0 radical (unpaired) electrons. The fourth-order valence-corrected chi connectivity index (χ4v) is 2.99. The maximum atomic E-state index is 12.2. The van der Waals surface area contributed by atoms with Crippen LogP contribution >= 0.6 is 0 Å². The van der Waals surface area contributed by atoms with Crippen molar-refractivity contribution in [1.29, 1.82) is 0 Å². The van der Waals surface area contributed by atoms with Gasteiger partial charge in [0.2, 0.25) is 5.91 Å². The van der Waals surface area contributed by atoms with Crippen molar-refractivity contribution in [2.24, 2.45) is 0 Å². The number of nitrogens with one attached hydrogen (secondary N) is 1. The largest absolute Gasteiger partial charge is 0.477 e. The van der Waals surface area contributed by atoms with Crippen LogP contribution in [0.2, 0.25) is 0 Å². The van der Waals surface area contributed by atoms with Crippen molar-refractivity contribution in [1.82, 2.24) is 9.88 Å². The fraction of sp³-hybridized carbons (Fsp3) is 0.300. The molecule has 0 bridgehead atoms. The molecule has 1 aromatic carbocycles. The molecule has 140 valence electrons. The van der Waals surface area contributed by atoms with Gasteiger partial charge in [-0.25, -0.2) is 9.78 Å². The molecular formula is C20H21N3O4. The van der Waals surface area contributed by atoms with Crippen LogP contribution in [0.25, 0.3) is 0 Å². The highest BCUT2D eigenvalue weighted by Gasteiger charge is 2.17. The van der Waals surface area contributed by atoms with Crippen molar-refractivity contribution in [2.75, 3.05) is 18.4 Å². The molecule has 0 saturated carbocycles. The van der Waals surface area contributed by atoms with Gasteiger partial charge in [-0.15, -0.1) is 0 Å². The predicted octanol–water partition coefficient (Wildman–Crippen LogP) is 2.59. The van der Waals surface area contributed by atoms with Crippen molar-refractivity contribution < 1.29 is 19.5 Å². The third kappa shape index (κ3) is 4.91. The number of hydrogen-bond acceptors (Lipinski definition) is 4. The normalized spacial score (nSPS) is 13.4. The number of aryl methyl sites for hydroxylation is 1. The van der Waals surface area contributed by atoms with Gasteiger partial charge in [0.1, 0.15) is 5.69 Å². The summed E-state index contributed by atoms with van der Waals surface area (Å²) in [6.45, 7) is 1.73. The second-order valence-corrected chi connectivity index (χ2v) is 6.48. The van der Waals surface area contributed by atoms with E-state index in [9.17, 15) is 14.4 Å². The van der Waals surface area contributed by atoms with Gasteiger partial charge in [0.05, 0.1) is 5.56 Å². The maximum Gasteiger partial charge on any atom is 0.354 e. The lowest BCUT2D eigenvalue weighted by atomic mass is 10.1. The highest BCUT2D eigenvalue weighted by molar-refractivity contribution is 6.04. The molecule has 0 atom stereocenters. The molecular weight excluding hydrogens is 346 g/mol. The van der Waals surface area contributed by atoms with E-state index in [4.69, 9.17) is 5.11 Å². The van der Waals surface area contributed by atoms with Gasteiger partial charge in [-0.3, -0.25) is 9.59 Å². The number of carbonyl (C=O) groups is 3. The van der Waals surface area contributed by atoms with Crippen LogP contribution in [-0.2, 0) is 11.2 Å². The number of carbonyl (C=O) groups excluding carboxylic acids is 2. The number of hydrogen-bond donors (Lipinski definition) is 2. The molecule has 0 spiro atoms. The number of carboxylic acids is 1. The number of rotatable bonds is 6. The van der Waals surface area contributed by atoms with E-state index in [1.165, 1.54) is 18.3 Å². The van der Waals surface area contributed by atoms with Gasteiger partial charge in [-0.2, -0.15) is 0 Å². The van der Waals surface area contributed by atoms with Crippen LogP contribution < -0.4 is 5.32 Å². The van der Waals surface area contributed by atoms with Crippen molar-refractivity contribution >= 4 is 23.5 Å². The molecule has 0 unspecified atom stereocenters. The first kappa shape index (κ1) is 18.6. The number of pyridine rings is 1. The summed E-state index contributed by atoms with van der Waals surface area (Å²) in [5, 5.41) is 11.6. The van der Waals surface area contributed by atoms with Gasteiger partial charge >= 0.3 is 5.97 Å². The van der Waals surface area contributed by atoms with Gasteiger partial charge in [-0.05, 0) is 49.1 Å². The Kier molecular flexibility index (Phi) is 5.80. The Morgan fingerprint density at radius 2 is 1.74 bits per heavy atom. The molecule has 2 aromatic rings. The molecule has 2 heterocycles. The number of carboxylic acid groups (broad SMARTS) is 1. The molecule has 27 heavy (non-hydrogen) atoms. The standard InChI is InChI=1S/C20H21N3O4/c24-18(23-11-1-2-12-23)10-5-14-3-7-16(8-4-14)22-19(25)15-6-9-17(20(26)27)21-13-15/h3-4,6-9,13H,1-2,5,10-12H2,(H,22,25)(H,26,27). The Morgan fingerprint density at radius 1 is 1.04 bits per heavy atom. The summed E-state index contributed by atoms with van der Waals surface area (Å²) in [6, 6.07) is 10.1. The fourth-order valence-electron chi connectivity index (χ4n) is 2.99.